The molecular weight excluding hydrogens is 399 g/mol. The van der Waals surface area contributed by atoms with Crippen molar-refractivity contribution in [2.24, 2.45) is 11.7 Å². The Balaban J connectivity index is 1.85. The monoisotopic (exact) mass is 428 g/mol. The van der Waals surface area contributed by atoms with E-state index in [4.69, 9.17) is 15.2 Å². The van der Waals surface area contributed by atoms with Crippen molar-refractivity contribution in [3.63, 3.8) is 0 Å². The van der Waals surface area contributed by atoms with Gasteiger partial charge in [-0.15, -0.1) is 0 Å². The van der Waals surface area contributed by atoms with E-state index in [0.29, 0.717) is 37.1 Å². The lowest BCUT2D eigenvalue weighted by Gasteiger charge is -2.16. The molecule has 31 heavy (non-hydrogen) atoms. The number of halogens is 1. The summed E-state index contributed by atoms with van der Waals surface area (Å²) < 4.78 is 26.5. The van der Waals surface area contributed by atoms with Gasteiger partial charge in [-0.1, -0.05) is 13.8 Å². The van der Waals surface area contributed by atoms with Crippen molar-refractivity contribution in [2.45, 2.75) is 39.9 Å². The standard InChI is InChI=1S/C23H29FN4O3/c1-4-30-12-11-28-20-13-18(31-17-7-5-16(24)6-8-17)9-10-19(20)27-21(28)14-26-23(29)22(25)15(2)3/h5-10,13,15,22H,4,11-12,14,25H2,1-3H3,(H,26,29)/t22-/m0/s1. The minimum atomic E-state index is -0.572. The Morgan fingerprint density at radius 3 is 2.58 bits per heavy atom. The summed E-state index contributed by atoms with van der Waals surface area (Å²) in [4.78, 5) is 17.0. The van der Waals surface area contributed by atoms with E-state index >= 15 is 0 Å². The van der Waals surface area contributed by atoms with Gasteiger partial charge in [-0.25, -0.2) is 9.37 Å². The van der Waals surface area contributed by atoms with Crippen LogP contribution < -0.4 is 15.8 Å². The zero-order chi connectivity index (χ0) is 22.4. The summed E-state index contributed by atoms with van der Waals surface area (Å²) in [7, 11) is 0. The first-order valence-electron chi connectivity index (χ1n) is 10.4. The molecule has 1 atom stereocenters. The molecule has 166 valence electrons. The van der Waals surface area contributed by atoms with Gasteiger partial charge in [-0.2, -0.15) is 0 Å². The number of aromatic nitrogens is 2. The van der Waals surface area contributed by atoms with Gasteiger partial charge >= 0.3 is 0 Å². The summed E-state index contributed by atoms with van der Waals surface area (Å²) in [5, 5.41) is 2.88. The number of hydrogen-bond acceptors (Lipinski definition) is 5. The minimum absolute atomic E-state index is 0.0444. The van der Waals surface area contributed by atoms with Crippen molar-refractivity contribution >= 4 is 16.9 Å². The number of nitrogens with two attached hydrogens (primary N) is 1. The SMILES string of the molecule is CCOCCn1c(CNC(=O)[C@@H](N)C(C)C)nc2ccc(Oc3ccc(F)cc3)cc21. The maximum Gasteiger partial charge on any atom is 0.237 e. The quantitative estimate of drug-likeness (QED) is 0.482. The first-order valence-corrected chi connectivity index (χ1v) is 10.4. The molecule has 0 radical (unpaired) electrons. The third kappa shape index (κ3) is 5.80. The van der Waals surface area contributed by atoms with Crippen LogP contribution >= 0.6 is 0 Å². The van der Waals surface area contributed by atoms with Gasteiger partial charge in [-0.3, -0.25) is 4.79 Å². The summed E-state index contributed by atoms with van der Waals surface area (Å²) in [6.45, 7) is 7.71. The predicted molar refractivity (Wildman–Crippen MR) is 117 cm³/mol. The van der Waals surface area contributed by atoms with Crippen LogP contribution in [0.25, 0.3) is 11.0 Å². The highest BCUT2D eigenvalue weighted by molar-refractivity contribution is 5.82. The lowest BCUT2D eigenvalue weighted by Crippen LogP contribution is -2.43. The Bertz CT molecular complexity index is 1020. The molecule has 0 spiro atoms. The minimum Gasteiger partial charge on any atom is -0.457 e. The van der Waals surface area contributed by atoms with E-state index in [-0.39, 0.29) is 24.2 Å². The molecule has 8 heteroatoms. The molecule has 1 aromatic heterocycles. The normalized spacial score (nSPS) is 12.3. The number of nitrogens with one attached hydrogen (secondary N) is 1. The van der Waals surface area contributed by atoms with Crippen LogP contribution in [0.2, 0.25) is 0 Å². The van der Waals surface area contributed by atoms with Crippen molar-refractivity contribution < 1.29 is 18.7 Å². The smallest absolute Gasteiger partial charge is 0.237 e. The number of rotatable bonds is 10. The van der Waals surface area contributed by atoms with Crippen molar-refractivity contribution in [1.29, 1.82) is 0 Å². The van der Waals surface area contributed by atoms with E-state index < -0.39 is 6.04 Å². The van der Waals surface area contributed by atoms with Gasteiger partial charge < -0.3 is 25.1 Å². The maximum atomic E-state index is 13.1. The third-order valence-electron chi connectivity index (χ3n) is 4.95. The largest absolute Gasteiger partial charge is 0.457 e. The third-order valence-corrected chi connectivity index (χ3v) is 4.95. The predicted octanol–water partition coefficient (Wildman–Crippen LogP) is 3.60. The molecule has 2 aromatic carbocycles. The molecule has 7 nitrogen and oxygen atoms in total. The van der Waals surface area contributed by atoms with Gasteiger partial charge in [-0.05, 0) is 49.2 Å². The van der Waals surface area contributed by atoms with Crippen molar-refractivity contribution in [3.05, 3.63) is 54.1 Å². The van der Waals surface area contributed by atoms with Crippen LogP contribution in [0.15, 0.2) is 42.5 Å². The lowest BCUT2D eigenvalue weighted by molar-refractivity contribution is -0.123. The molecule has 0 unspecified atom stereocenters. The van der Waals surface area contributed by atoms with Crippen LogP contribution in [0.5, 0.6) is 11.5 Å². The van der Waals surface area contributed by atoms with E-state index in [9.17, 15) is 9.18 Å². The molecule has 3 rings (SSSR count). The van der Waals surface area contributed by atoms with E-state index in [0.717, 1.165) is 11.0 Å². The summed E-state index contributed by atoms with van der Waals surface area (Å²) in [5.41, 5.74) is 7.57. The summed E-state index contributed by atoms with van der Waals surface area (Å²) in [5.74, 6) is 1.37. The molecule has 0 saturated heterocycles. The van der Waals surface area contributed by atoms with E-state index in [1.165, 1.54) is 12.1 Å². The Morgan fingerprint density at radius 1 is 1.19 bits per heavy atom. The molecule has 0 bridgehead atoms. The average Bonchev–Trinajstić information content (AvgIpc) is 3.10. The lowest BCUT2D eigenvalue weighted by atomic mass is 10.1. The number of carbonyl (C=O) groups is 1. The molecule has 0 aliphatic carbocycles. The van der Waals surface area contributed by atoms with E-state index in [2.05, 4.69) is 10.3 Å². The Labute approximate surface area is 181 Å². The number of imidazole rings is 1. The fourth-order valence-electron chi connectivity index (χ4n) is 3.13. The fourth-order valence-corrected chi connectivity index (χ4v) is 3.13. The van der Waals surface area contributed by atoms with Gasteiger partial charge in [0.1, 0.15) is 23.1 Å². The number of benzene rings is 2. The van der Waals surface area contributed by atoms with Gasteiger partial charge in [0.05, 0.1) is 30.2 Å². The maximum absolute atomic E-state index is 13.1. The number of fused-ring (bicyclic) bond motifs is 1. The first kappa shape index (κ1) is 22.7. The van der Waals surface area contributed by atoms with Crippen LogP contribution in [0.3, 0.4) is 0 Å². The Morgan fingerprint density at radius 2 is 1.90 bits per heavy atom. The van der Waals surface area contributed by atoms with Crippen molar-refractivity contribution in [2.75, 3.05) is 13.2 Å². The highest BCUT2D eigenvalue weighted by Crippen LogP contribution is 2.26. The second kappa shape index (κ2) is 10.4. The molecule has 1 heterocycles. The highest BCUT2D eigenvalue weighted by atomic mass is 19.1. The Kier molecular flexibility index (Phi) is 7.59. The first-order chi connectivity index (χ1) is 14.9. The van der Waals surface area contributed by atoms with E-state index in [1.54, 1.807) is 12.1 Å². The van der Waals surface area contributed by atoms with Crippen LogP contribution in [-0.4, -0.2) is 34.7 Å². The second-order valence-corrected chi connectivity index (χ2v) is 7.57. The van der Waals surface area contributed by atoms with Crippen LogP contribution in [0.4, 0.5) is 4.39 Å². The molecule has 1 amide bonds. The zero-order valence-corrected chi connectivity index (χ0v) is 18.1. The highest BCUT2D eigenvalue weighted by Gasteiger charge is 2.18. The van der Waals surface area contributed by atoms with Gasteiger partial charge in [0.2, 0.25) is 5.91 Å². The molecule has 3 N–H and O–H groups in total. The molecule has 0 aliphatic rings. The molecule has 0 aliphatic heterocycles. The Hall–Kier alpha value is -2.97. The topological polar surface area (TPSA) is 91.4 Å². The van der Waals surface area contributed by atoms with E-state index in [1.807, 2.05) is 43.5 Å². The van der Waals surface area contributed by atoms with Crippen molar-refractivity contribution in [1.82, 2.24) is 14.9 Å². The molecule has 0 fully saturated rings. The number of hydrogen-bond donors (Lipinski definition) is 2. The van der Waals surface area contributed by atoms with Crippen LogP contribution in [0.1, 0.15) is 26.6 Å². The summed E-state index contributed by atoms with van der Waals surface area (Å²) in [6, 6.07) is 10.8. The molecular formula is C23H29FN4O3. The number of amides is 1. The van der Waals surface area contributed by atoms with Crippen molar-refractivity contribution in [3.8, 4) is 11.5 Å². The molecule has 3 aromatic rings. The van der Waals surface area contributed by atoms with Crippen LogP contribution in [-0.2, 0) is 22.6 Å². The fraction of sp³-hybridized carbons (Fsp3) is 0.391. The second-order valence-electron chi connectivity index (χ2n) is 7.57. The number of ether oxygens (including phenoxy) is 2. The molecule has 0 saturated carbocycles. The summed E-state index contributed by atoms with van der Waals surface area (Å²) >= 11 is 0. The average molecular weight is 429 g/mol. The number of carbonyl (C=O) groups excluding carboxylic acids is 1. The van der Waals surface area contributed by atoms with Gasteiger partial charge in [0, 0.05) is 19.2 Å². The summed E-state index contributed by atoms with van der Waals surface area (Å²) in [6.07, 6.45) is 0. The number of nitrogens with zero attached hydrogens (tertiary/aromatic N) is 2. The van der Waals surface area contributed by atoms with Crippen LogP contribution in [0, 0.1) is 11.7 Å². The zero-order valence-electron chi connectivity index (χ0n) is 18.1. The van der Waals surface area contributed by atoms with Gasteiger partial charge in [0.15, 0.2) is 0 Å². The van der Waals surface area contributed by atoms with Gasteiger partial charge in [0.25, 0.3) is 0 Å².